The Hall–Kier alpha value is -3.61. The van der Waals surface area contributed by atoms with Crippen molar-refractivity contribution in [2.45, 2.75) is 6.92 Å². The van der Waals surface area contributed by atoms with Crippen molar-refractivity contribution in [2.24, 2.45) is 5.10 Å². The van der Waals surface area contributed by atoms with E-state index in [1.807, 2.05) is 37.3 Å². The van der Waals surface area contributed by atoms with Crippen molar-refractivity contribution in [1.82, 2.24) is 15.6 Å². The van der Waals surface area contributed by atoms with Gasteiger partial charge in [-0.05, 0) is 25.1 Å². The van der Waals surface area contributed by atoms with E-state index in [4.69, 9.17) is 4.74 Å². The van der Waals surface area contributed by atoms with Gasteiger partial charge in [-0.25, -0.2) is 5.43 Å². The topological polar surface area (TPSA) is 99.6 Å². The largest absolute Gasteiger partial charge is 0.507 e. The zero-order chi connectivity index (χ0) is 18.4. The first-order valence-corrected chi connectivity index (χ1v) is 8.07. The molecule has 3 N–H and O–H groups in total. The normalized spacial score (nSPS) is 10.8. The quantitative estimate of drug-likeness (QED) is 0.470. The van der Waals surface area contributed by atoms with Gasteiger partial charge in [0.25, 0.3) is 5.91 Å². The van der Waals surface area contributed by atoms with Gasteiger partial charge in [0.15, 0.2) is 0 Å². The highest BCUT2D eigenvalue weighted by molar-refractivity contribution is 5.94. The van der Waals surface area contributed by atoms with E-state index in [-0.39, 0.29) is 11.4 Å². The number of H-pyrrole nitrogens is 1. The summed E-state index contributed by atoms with van der Waals surface area (Å²) in [6.07, 6.45) is 1.36. The van der Waals surface area contributed by atoms with Gasteiger partial charge in [0.2, 0.25) is 0 Å². The Morgan fingerprint density at radius 3 is 2.81 bits per heavy atom. The summed E-state index contributed by atoms with van der Waals surface area (Å²) in [6.45, 7) is 2.37. The molecule has 0 unspecified atom stereocenters. The first kappa shape index (κ1) is 17.2. The van der Waals surface area contributed by atoms with Crippen LogP contribution < -0.4 is 10.2 Å². The molecule has 0 aliphatic heterocycles. The van der Waals surface area contributed by atoms with Gasteiger partial charge in [0, 0.05) is 17.2 Å². The van der Waals surface area contributed by atoms with Gasteiger partial charge in [-0.2, -0.15) is 10.2 Å². The number of nitrogens with one attached hydrogen (secondary N) is 2. The predicted octanol–water partition coefficient (Wildman–Crippen LogP) is 2.94. The number of nitrogens with zero attached hydrogens (tertiary/aromatic N) is 2. The lowest BCUT2D eigenvalue weighted by Gasteiger charge is -2.04. The minimum atomic E-state index is -0.429. The third-order valence-corrected chi connectivity index (χ3v) is 3.57. The summed E-state index contributed by atoms with van der Waals surface area (Å²) < 4.78 is 5.30. The fraction of sp³-hybridized carbons (Fsp3) is 0.105. The number of aromatic nitrogens is 2. The van der Waals surface area contributed by atoms with E-state index >= 15 is 0 Å². The van der Waals surface area contributed by atoms with Crippen LogP contribution in [-0.4, -0.2) is 34.0 Å². The van der Waals surface area contributed by atoms with Gasteiger partial charge in [0.05, 0.1) is 18.5 Å². The van der Waals surface area contributed by atoms with E-state index in [0.29, 0.717) is 23.6 Å². The molecule has 1 amide bonds. The van der Waals surface area contributed by atoms with Crippen LogP contribution in [0.3, 0.4) is 0 Å². The molecule has 0 saturated carbocycles. The van der Waals surface area contributed by atoms with Crippen LogP contribution >= 0.6 is 0 Å². The Morgan fingerprint density at radius 1 is 1.27 bits per heavy atom. The molecule has 0 bridgehead atoms. The minimum Gasteiger partial charge on any atom is -0.507 e. The van der Waals surface area contributed by atoms with Crippen LogP contribution in [0.15, 0.2) is 59.7 Å². The molecule has 0 radical (unpaired) electrons. The Bertz CT molecular complexity index is 920. The Labute approximate surface area is 150 Å². The second kappa shape index (κ2) is 7.98. The number of rotatable bonds is 6. The number of carbonyl (C=O) groups excluding carboxylic acids is 1. The Balaban J connectivity index is 1.64. The van der Waals surface area contributed by atoms with Crippen molar-refractivity contribution in [3.63, 3.8) is 0 Å². The van der Waals surface area contributed by atoms with Crippen molar-refractivity contribution in [3.05, 3.63) is 65.9 Å². The lowest BCUT2D eigenvalue weighted by atomic mass is 10.1. The summed E-state index contributed by atoms with van der Waals surface area (Å²) in [5, 5.41) is 20.6. The van der Waals surface area contributed by atoms with Crippen LogP contribution in [0.5, 0.6) is 11.5 Å². The molecule has 3 rings (SSSR count). The summed E-state index contributed by atoms with van der Waals surface area (Å²) in [5.41, 5.74) is 4.72. The third-order valence-electron chi connectivity index (χ3n) is 3.57. The second-order valence-electron chi connectivity index (χ2n) is 5.39. The highest BCUT2D eigenvalue weighted by Gasteiger charge is 2.10. The van der Waals surface area contributed by atoms with Crippen molar-refractivity contribution < 1.29 is 14.6 Å². The van der Waals surface area contributed by atoms with Gasteiger partial charge in [0.1, 0.15) is 17.2 Å². The average molecular weight is 350 g/mol. The average Bonchev–Trinajstić information content (AvgIpc) is 3.15. The zero-order valence-electron chi connectivity index (χ0n) is 14.1. The predicted molar refractivity (Wildman–Crippen MR) is 98.4 cm³/mol. The molecule has 3 aromatic rings. The number of phenolic OH excluding ortho intramolecular Hbond substituents is 1. The van der Waals surface area contributed by atoms with E-state index in [0.717, 1.165) is 5.56 Å². The number of hydrogen-bond acceptors (Lipinski definition) is 5. The molecule has 2 aromatic carbocycles. The monoisotopic (exact) mass is 350 g/mol. The second-order valence-corrected chi connectivity index (χ2v) is 5.39. The van der Waals surface area contributed by atoms with Gasteiger partial charge in [-0.15, -0.1) is 0 Å². The van der Waals surface area contributed by atoms with Gasteiger partial charge in [-0.1, -0.05) is 30.3 Å². The number of hydrazone groups is 1. The number of ether oxygens (including phenoxy) is 1. The number of carbonyl (C=O) groups is 1. The molecule has 7 heteroatoms. The van der Waals surface area contributed by atoms with Crippen LogP contribution in [-0.2, 0) is 0 Å². The molecule has 132 valence electrons. The molecule has 0 spiro atoms. The van der Waals surface area contributed by atoms with E-state index < -0.39 is 5.91 Å². The summed E-state index contributed by atoms with van der Waals surface area (Å²) in [4.78, 5) is 12.1. The fourth-order valence-electron chi connectivity index (χ4n) is 2.30. The lowest BCUT2D eigenvalue weighted by molar-refractivity contribution is 0.0950. The van der Waals surface area contributed by atoms with Gasteiger partial charge < -0.3 is 9.84 Å². The molecular formula is C19H18N4O3. The standard InChI is InChI=1S/C19H18N4O3/c1-2-26-15-9-8-14(18(24)10-15)12-20-23-19(25)17-11-16(21-22-17)13-6-4-3-5-7-13/h3-12,24H,2H2,1H3,(H,21,22)(H,23,25)/b20-12+. The molecule has 0 saturated heterocycles. The summed E-state index contributed by atoms with van der Waals surface area (Å²) in [7, 11) is 0. The molecule has 0 atom stereocenters. The molecule has 0 aliphatic rings. The molecule has 0 aliphatic carbocycles. The molecule has 7 nitrogen and oxygen atoms in total. The molecule has 1 heterocycles. The maximum absolute atomic E-state index is 12.1. The van der Waals surface area contributed by atoms with Crippen molar-refractivity contribution in [1.29, 1.82) is 0 Å². The smallest absolute Gasteiger partial charge is 0.289 e. The molecule has 0 fully saturated rings. The van der Waals surface area contributed by atoms with Crippen LogP contribution in [0, 0.1) is 0 Å². The summed E-state index contributed by atoms with van der Waals surface area (Å²) in [6, 6.07) is 16.0. The van der Waals surface area contributed by atoms with E-state index in [1.54, 1.807) is 18.2 Å². The number of hydrogen-bond donors (Lipinski definition) is 3. The molecule has 26 heavy (non-hydrogen) atoms. The maximum Gasteiger partial charge on any atom is 0.289 e. The van der Waals surface area contributed by atoms with E-state index in [1.165, 1.54) is 12.3 Å². The number of aromatic hydroxyl groups is 1. The molecule has 1 aromatic heterocycles. The minimum absolute atomic E-state index is 0.0156. The van der Waals surface area contributed by atoms with E-state index in [2.05, 4.69) is 20.7 Å². The van der Waals surface area contributed by atoms with Crippen LogP contribution in [0.4, 0.5) is 0 Å². The number of amides is 1. The Morgan fingerprint density at radius 2 is 2.08 bits per heavy atom. The highest BCUT2D eigenvalue weighted by atomic mass is 16.5. The summed E-state index contributed by atoms with van der Waals surface area (Å²) in [5.74, 6) is 0.153. The van der Waals surface area contributed by atoms with Crippen molar-refractivity contribution in [3.8, 4) is 22.8 Å². The number of aromatic amines is 1. The lowest BCUT2D eigenvalue weighted by Crippen LogP contribution is -2.18. The highest BCUT2D eigenvalue weighted by Crippen LogP contribution is 2.22. The van der Waals surface area contributed by atoms with Crippen LogP contribution in [0.2, 0.25) is 0 Å². The fourth-order valence-corrected chi connectivity index (χ4v) is 2.30. The first-order chi connectivity index (χ1) is 12.7. The maximum atomic E-state index is 12.1. The third kappa shape index (κ3) is 4.07. The van der Waals surface area contributed by atoms with Gasteiger partial charge in [-0.3, -0.25) is 9.89 Å². The Kier molecular flexibility index (Phi) is 5.28. The van der Waals surface area contributed by atoms with Crippen LogP contribution in [0.25, 0.3) is 11.3 Å². The van der Waals surface area contributed by atoms with Crippen molar-refractivity contribution in [2.75, 3.05) is 6.61 Å². The van der Waals surface area contributed by atoms with Crippen LogP contribution in [0.1, 0.15) is 23.0 Å². The summed E-state index contributed by atoms with van der Waals surface area (Å²) >= 11 is 0. The van der Waals surface area contributed by atoms with Gasteiger partial charge >= 0.3 is 0 Å². The van der Waals surface area contributed by atoms with Crippen molar-refractivity contribution >= 4 is 12.1 Å². The molecular weight excluding hydrogens is 332 g/mol. The number of phenols is 1. The zero-order valence-corrected chi connectivity index (χ0v) is 14.1. The number of benzene rings is 2. The first-order valence-electron chi connectivity index (χ1n) is 8.07. The SMILES string of the molecule is CCOc1ccc(/C=N/NC(=O)c2cc(-c3ccccc3)n[nH]2)c(O)c1. The van der Waals surface area contributed by atoms with E-state index in [9.17, 15) is 9.90 Å².